The van der Waals surface area contributed by atoms with Gasteiger partial charge in [0.25, 0.3) is 0 Å². The fraction of sp³-hybridized carbons (Fsp3) is 1.00. The summed E-state index contributed by atoms with van der Waals surface area (Å²) in [6, 6.07) is 0. The lowest BCUT2D eigenvalue weighted by molar-refractivity contribution is 0.132. The minimum absolute atomic E-state index is 0.105. The molecule has 0 aliphatic rings. The Morgan fingerprint density at radius 1 is 1.42 bits per heavy atom. The van der Waals surface area contributed by atoms with Crippen LogP contribution >= 0.6 is 0 Å². The van der Waals surface area contributed by atoms with E-state index in [4.69, 9.17) is 10.5 Å². The molecule has 0 radical (unpaired) electrons. The number of likely N-dealkylation sites (N-methyl/N-ethyl adjacent to an activating group) is 1. The van der Waals surface area contributed by atoms with Gasteiger partial charge in [0.15, 0.2) is 0 Å². The van der Waals surface area contributed by atoms with Crippen LogP contribution in [0.2, 0.25) is 0 Å². The average molecular weight is 174 g/mol. The molecule has 0 saturated carbocycles. The second-order valence-electron chi connectivity index (χ2n) is 3.78. The minimum Gasteiger partial charge on any atom is -0.385 e. The van der Waals surface area contributed by atoms with Crippen LogP contribution in [0.3, 0.4) is 0 Å². The number of rotatable bonds is 6. The normalized spacial score (nSPS) is 12.5. The van der Waals surface area contributed by atoms with Crippen LogP contribution in [0.5, 0.6) is 0 Å². The van der Waals surface area contributed by atoms with Crippen molar-refractivity contribution in [2.24, 2.45) is 5.73 Å². The van der Waals surface area contributed by atoms with Gasteiger partial charge in [0.05, 0.1) is 0 Å². The third-order valence-electron chi connectivity index (χ3n) is 2.37. The molecule has 0 amide bonds. The highest BCUT2D eigenvalue weighted by Crippen LogP contribution is 2.09. The van der Waals surface area contributed by atoms with Crippen LogP contribution in [0, 0.1) is 0 Å². The summed E-state index contributed by atoms with van der Waals surface area (Å²) >= 11 is 0. The Balaban J connectivity index is 3.63. The maximum Gasteiger partial charge on any atom is 0.0474 e. The Bertz CT molecular complexity index is 115. The quantitative estimate of drug-likeness (QED) is 0.602. The maximum absolute atomic E-state index is 5.64. The molecule has 74 valence electrons. The van der Waals surface area contributed by atoms with E-state index in [1.807, 2.05) is 0 Å². The van der Waals surface area contributed by atoms with Gasteiger partial charge in [0, 0.05) is 32.3 Å². The third-order valence-corrected chi connectivity index (χ3v) is 2.37. The minimum atomic E-state index is 0.105. The molecule has 0 atom stereocenters. The molecule has 0 fully saturated rings. The van der Waals surface area contributed by atoms with Crippen LogP contribution in [0.4, 0.5) is 0 Å². The molecule has 0 unspecified atom stereocenters. The molecular formula is C9H22N2O. The lowest BCUT2D eigenvalue weighted by Crippen LogP contribution is -2.47. The number of ether oxygens (including phenoxy) is 1. The molecule has 0 rings (SSSR count). The zero-order valence-electron chi connectivity index (χ0n) is 8.76. The molecule has 0 aromatic heterocycles. The lowest BCUT2D eigenvalue weighted by atomic mass is 10.0. The Morgan fingerprint density at radius 3 is 2.42 bits per heavy atom. The molecular weight excluding hydrogens is 152 g/mol. The summed E-state index contributed by atoms with van der Waals surface area (Å²) in [7, 11) is 3.83. The van der Waals surface area contributed by atoms with Gasteiger partial charge >= 0.3 is 0 Å². The summed E-state index contributed by atoms with van der Waals surface area (Å²) in [5.41, 5.74) is 5.74. The molecule has 0 aliphatic carbocycles. The Morgan fingerprint density at radius 2 is 2.00 bits per heavy atom. The van der Waals surface area contributed by atoms with Crippen molar-refractivity contribution >= 4 is 0 Å². The van der Waals surface area contributed by atoms with Crippen LogP contribution < -0.4 is 5.73 Å². The van der Waals surface area contributed by atoms with Crippen LogP contribution in [-0.2, 0) is 4.74 Å². The summed E-state index contributed by atoms with van der Waals surface area (Å²) in [6.07, 6.45) is 1.07. The van der Waals surface area contributed by atoms with Gasteiger partial charge in [0.2, 0.25) is 0 Å². The van der Waals surface area contributed by atoms with Crippen LogP contribution in [0.25, 0.3) is 0 Å². The number of methoxy groups -OCH3 is 1. The predicted octanol–water partition coefficient (Wildman–Crippen LogP) is 0.692. The molecule has 0 spiro atoms. The van der Waals surface area contributed by atoms with E-state index in [2.05, 4.69) is 25.8 Å². The lowest BCUT2D eigenvalue weighted by Gasteiger charge is -2.34. The zero-order valence-corrected chi connectivity index (χ0v) is 8.76. The van der Waals surface area contributed by atoms with Crippen molar-refractivity contribution in [3.05, 3.63) is 0 Å². The SMILES string of the molecule is COCCCN(C)C(C)(C)CN. The highest BCUT2D eigenvalue weighted by atomic mass is 16.5. The Hall–Kier alpha value is -0.120. The first-order valence-electron chi connectivity index (χ1n) is 4.45. The highest BCUT2D eigenvalue weighted by Gasteiger charge is 2.20. The van der Waals surface area contributed by atoms with E-state index in [-0.39, 0.29) is 5.54 Å². The van der Waals surface area contributed by atoms with Gasteiger partial charge in [-0.05, 0) is 27.3 Å². The third kappa shape index (κ3) is 4.04. The van der Waals surface area contributed by atoms with Gasteiger partial charge < -0.3 is 10.5 Å². The summed E-state index contributed by atoms with van der Waals surface area (Å²) < 4.78 is 4.98. The summed E-state index contributed by atoms with van der Waals surface area (Å²) in [4.78, 5) is 2.27. The van der Waals surface area contributed by atoms with E-state index in [9.17, 15) is 0 Å². The number of nitrogens with two attached hydrogens (primary N) is 1. The number of nitrogens with zero attached hydrogens (tertiary/aromatic N) is 1. The molecule has 3 heteroatoms. The zero-order chi connectivity index (χ0) is 9.61. The molecule has 12 heavy (non-hydrogen) atoms. The van der Waals surface area contributed by atoms with Crippen molar-refractivity contribution in [2.75, 3.05) is 33.9 Å². The van der Waals surface area contributed by atoms with Crippen LogP contribution in [0.1, 0.15) is 20.3 Å². The molecule has 0 aromatic rings. The van der Waals surface area contributed by atoms with E-state index in [0.29, 0.717) is 6.54 Å². The van der Waals surface area contributed by atoms with E-state index in [0.717, 1.165) is 19.6 Å². The van der Waals surface area contributed by atoms with E-state index >= 15 is 0 Å². The van der Waals surface area contributed by atoms with Crippen molar-refractivity contribution in [1.29, 1.82) is 0 Å². The fourth-order valence-corrected chi connectivity index (χ4v) is 0.905. The summed E-state index contributed by atoms with van der Waals surface area (Å²) in [5.74, 6) is 0. The summed E-state index contributed by atoms with van der Waals surface area (Å²) in [5, 5.41) is 0. The van der Waals surface area contributed by atoms with Crippen LogP contribution in [-0.4, -0.2) is 44.3 Å². The van der Waals surface area contributed by atoms with Crippen molar-refractivity contribution in [2.45, 2.75) is 25.8 Å². The fourth-order valence-electron chi connectivity index (χ4n) is 0.905. The van der Waals surface area contributed by atoms with E-state index < -0.39 is 0 Å². The monoisotopic (exact) mass is 174 g/mol. The van der Waals surface area contributed by atoms with Gasteiger partial charge in [-0.1, -0.05) is 0 Å². The van der Waals surface area contributed by atoms with Crippen molar-refractivity contribution in [3.63, 3.8) is 0 Å². The molecule has 0 saturated heterocycles. The van der Waals surface area contributed by atoms with Crippen LogP contribution in [0.15, 0.2) is 0 Å². The maximum atomic E-state index is 5.64. The first-order chi connectivity index (χ1) is 5.54. The van der Waals surface area contributed by atoms with Gasteiger partial charge in [-0.25, -0.2) is 0 Å². The second-order valence-corrected chi connectivity index (χ2v) is 3.78. The topological polar surface area (TPSA) is 38.5 Å². The molecule has 2 N–H and O–H groups in total. The van der Waals surface area contributed by atoms with Gasteiger partial charge in [-0.2, -0.15) is 0 Å². The second kappa shape index (κ2) is 5.51. The molecule has 0 bridgehead atoms. The molecule has 0 heterocycles. The van der Waals surface area contributed by atoms with Crippen molar-refractivity contribution in [3.8, 4) is 0 Å². The molecule has 0 aromatic carbocycles. The highest BCUT2D eigenvalue weighted by molar-refractivity contribution is 4.79. The number of hydrogen-bond acceptors (Lipinski definition) is 3. The van der Waals surface area contributed by atoms with Crippen molar-refractivity contribution in [1.82, 2.24) is 4.90 Å². The molecule has 3 nitrogen and oxygen atoms in total. The molecule has 0 aliphatic heterocycles. The van der Waals surface area contributed by atoms with Gasteiger partial charge in [-0.3, -0.25) is 4.90 Å². The summed E-state index contributed by atoms with van der Waals surface area (Å²) in [6.45, 7) is 6.86. The van der Waals surface area contributed by atoms with E-state index in [1.54, 1.807) is 7.11 Å². The predicted molar refractivity (Wildman–Crippen MR) is 52.3 cm³/mol. The smallest absolute Gasteiger partial charge is 0.0474 e. The number of hydrogen-bond donors (Lipinski definition) is 1. The van der Waals surface area contributed by atoms with Gasteiger partial charge in [0.1, 0.15) is 0 Å². The average Bonchev–Trinajstić information content (AvgIpc) is 2.05. The van der Waals surface area contributed by atoms with Crippen molar-refractivity contribution < 1.29 is 4.74 Å². The van der Waals surface area contributed by atoms with Gasteiger partial charge in [-0.15, -0.1) is 0 Å². The standard InChI is InChI=1S/C9H22N2O/c1-9(2,8-10)11(3)6-5-7-12-4/h5-8,10H2,1-4H3. The first-order valence-corrected chi connectivity index (χ1v) is 4.45. The Labute approximate surface area is 75.9 Å². The first kappa shape index (κ1) is 11.9. The largest absolute Gasteiger partial charge is 0.385 e. The van der Waals surface area contributed by atoms with E-state index in [1.165, 1.54) is 0 Å². The Kier molecular flexibility index (Phi) is 5.46.